The van der Waals surface area contributed by atoms with E-state index in [2.05, 4.69) is 9.97 Å². The number of phenolic OH excluding ortho intramolecular Hbond substituents is 1. The van der Waals surface area contributed by atoms with E-state index in [9.17, 15) is 9.50 Å². The number of aromatic hydroxyl groups is 1. The second kappa shape index (κ2) is 3.78. The molecule has 1 N–H and O–H groups in total. The number of hydrogen-bond acceptors (Lipinski definition) is 4. The van der Waals surface area contributed by atoms with Gasteiger partial charge in [0, 0.05) is 17.8 Å². The van der Waals surface area contributed by atoms with Crippen LogP contribution in [0.25, 0.3) is 20.8 Å². The lowest BCUT2D eigenvalue weighted by Crippen LogP contribution is -1.82. The fourth-order valence-corrected chi connectivity index (χ4v) is 2.57. The summed E-state index contributed by atoms with van der Waals surface area (Å²) in [7, 11) is 0. The molecular formula is C12H7FN2OS. The van der Waals surface area contributed by atoms with E-state index in [1.165, 1.54) is 23.6 Å². The van der Waals surface area contributed by atoms with Gasteiger partial charge in [-0.3, -0.25) is 0 Å². The monoisotopic (exact) mass is 246 g/mol. The molecule has 0 fully saturated rings. The Morgan fingerprint density at radius 3 is 2.88 bits per heavy atom. The third kappa shape index (κ3) is 1.85. The van der Waals surface area contributed by atoms with E-state index in [0.29, 0.717) is 10.6 Å². The number of pyridine rings is 1. The second-order valence-corrected chi connectivity index (χ2v) is 4.57. The molecule has 1 aromatic carbocycles. The van der Waals surface area contributed by atoms with Crippen molar-refractivity contribution >= 4 is 21.6 Å². The van der Waals surface area contributed by atoms with E-state index in [-0.39, 0.29) is 5.75 Å². The van der Waals surface area contributed by atoms with Crippen molar-refractivity contribution < 1.29 is 9.50 Å². The van der Waals surface area contributed by atoms with Gasteiger partial charge in [-0.05, 0) is 24.3 Å². The van der Waals surface area contributed by atoms with E-state index in [1.807, 2.05) is 0 Å². The van der Waals surface area contributed by atoms with Crippen LogP contribution in [0.1, 0.15) is 0 Å². The van der Waals surface area contributed by atoms with Crippen LogP contribution in [0.2, 0.25) is 0 Å². The lowest BCUT2D eigenvalue weighted by Gasteiger charge is -1.93. The van der Waals surface area contributed by atoms with Gasteiger partial charge in [-0.25, -0.2) is 9.97 Å². The number of thiazole rings is 1. The Bertz CT molecular complexity index is 696. The van der Waals surface area contributed by atoms with Gasteiger partial charge in [0.05, 0.1) is 10.2 Å². The minimum atomic E-state index is -0.524. The van der Waals surface area contributed by atoms with E-state index in [0.717, 1.165) is 10.2 Å². The molecule has 3 rings (SSSR count). The Labute approximate surface area is 100 Å². The summed E-state index contributed by atoms with van der Waals surface area (Å²) in [4.78, 5) is 7.88. The average Bonchev–Trinajstić information content (AvgIpc) is 2.72. The molecule has 0 spiro atoms. The van der Waals surface area contributed by atoms with Crippen molar-refractivity contribution in [1.82, 2.24) is 9.97 Å². The minimum Gasteiger partial charge on any atom is -0.508 e. The first-order valence-electron chi connectivity index (χ1n) is 4.94. The molecule has 0 amide bonds. The van der Waals surface area contributed by atoms with Gasteiger partial charge in [0.2, 0.25) is 5.95 Å². The van der Waals surface area contributed by atoms with E-state index in [1.54, 1.807) is 24.3 Å². The van der Waals surface area contributed by atoms with Crippen LogP contribution in [-0.4, -0.2) is 15.1 Å². The van der Waals surface area contributed by atoms with Crippen LogP contribution >= 0.6 is 11.3 Å². The zero-order valence-corrected chi connectivity index (χ0v) is 9.41. The average molecular weight is 246 g/mol. The normalized spacial score (nSPS) is 10.9. The molecular weight excluding hydrogens is 239 g/mol. The highest BCUT2D eigenvalue weighted by molar-refractivity contribution is 7.21. The first kappa shape index (κ1) is 10.2. The summed E-state index contributed by atoms with van der Waals surface area (Å²) in [5, 5.41) is 10.1. The zero-order valence-electron chi connectivity index (χ0n) is 8.59. The van der Waals surface area contributed by atoms with Crippen LogP contribution in [0, 0.1) is 5.95 Å². The molecule has 0 aliphatic heterocycles. The molecule has 0 aliphatic carbocycles. The fourth-order valence-electron chi connectivity index (χ4n) is 1.57. The van der Waals surface area contributed by atoms with E-state index < -0.39 is 5.95 Å². The number of nitrogens with zero attached hydrogens (tertiary/aromatic N) is 2. The van der Waals surface area contributed by atoms with Gasteiger partial charge in [0.25, 0.3) is 0 Å². The highest BCUT2D eigenvalue weighted by atomic mass is 32.1. The smallest absolute Gasteiger partial charge is 0.213 e. The van der Waals surface area contributed by atoms with E-state index in [4.69, 9.17) is 0 Å². The lowest BCUT2D eigenvalue weighted by atomic mass is 10.3. The number of rotatable bonds is 1. The van der Waals surface area contributed by atoms with Crippen molar-refractivity contribution in [2.75, 3.05) is 0 Å². The molecule has 0 unspecified atom stereocenters. The number of benzene rings is 1. The molecule has 5 heteroatoms. The number of fused-ring (bicyclic) bond motifs is 1. The number of hydrogen-bond donors (Lipinski definition) is 1. The number of halogens is 1. The van der Waals surface area contributed by atoms with Crippen molar-refractivity contribution in [2.24, 2.45) is 0 Å². The fraction of sp³-hybridized carbons (Fsp3) is 0. The summed E-state index contributed by atoms with van der Waals surface area (Å²) in [6.07, 6.45) is 1.41. The molecule has 0 bridgehead atoms. The van der Waals surface area contributed by atoms with Crippen LogP contribution in [-0.2, 0) is 0 Å². The van der Waals surface area contributed by atoms with Gasteiger partial charge in [-0.1, -0.05) is 0 Å². The Morgan fingerprint density at radius 1 is 1.18 bits per heavy atom. The van der Waals surface area contributed by atoms with Gasteiger partial charge in [-0.2, -0.15) is 4.39 Å². The van der Waals surface area contributed by atoms with Crippen molar-refractivity contribution in [2.45, 2.75) is 0 Å². The molecule has 3 aromatic rings. The Hall–Kier alpha value is -2.01. The Morgan fingerprint density at radius 2 is 2.06 bits per heavy atom. The Kier molecular flexibility index (Phi) is 2.26. The first-order valence-corrected chi connectivity index (χ1v) is 5.75. The maximum atomic E-state index is 13.0. The molecule has 2 aromatic heterocycles. The van der Waals surface area contributed by atoms with Crippen molar-refractivity contribution in [1.29, 1.82) is 0 Å². The molecule has 0 saturated heterocycles. The summed E-state index contributed by atoms with van der Waals surface area (Å²) >= 11 is 1.41. The van der Waals surface area contributed by atoms with Gasteiger partial charge < -0.3 is 5.11 Å². The van der Waals surface area contributed by atoms with Gasteiger partial charge in [0.1, 0.15) is 10.8 Å². The summed E-state index contributed by atoms with van der Waals surface area (Å²) in [5.74, 6) is -0.321. The molecule has 84 valence electrons. The van der Waals surface area contributed by atoms with Crippen LogP contribution in [0.4, 0.5) is 4.39 Å². The maximum absolute atomic E-state index is 13.0. The SMILES string of the molecule is Oc1ccc2nc(-c3ccnc(F)c3)sc2c1. The summed E-state index contributed by atoms with van der Waals surface area (Å²) in [6, 6.07) is 8.02. The molecule has 0 aliphatic rings. The van der Waals surface area contributed by atoms with Crippen molar-refractivity contribution in [3.63, 3.8) is 0 Å². The largest absolute Gasteiger partial charge is 0.508 e. The summed E-state index contributed by atoms with van der Waals surface area (Å²) < 4.78 is 13.9. The molecule has 17 heavy (non-hydrogen) atoms. The number of phenols is 1. The molecule has 0 saturated carbocycles. The summed E-state index contributed by atoms with van der Waals surface area (Å²) in [6.45, 7) is 0. The quantitative estimate of drug-likeness (QED) is 0.671. The highest BCUT2D eigenvalue weighted by Gasteiger charge is 2.07. The van der Waals surface area contributed by atoms with Crippen LogP contribution < -0.4 is 0 Å². The Balaban J connectivity index is 2.18. The third-order valence-electron chi connectivity index (χ3n) is 2.35. The predicted molar refractivity (Wildman–Crippen MR) is 64.5 cm³/mol. The van der Waals surface area contributed by atoms with Crippen LogP contribution in [0.3, 0.4) is 0 Å². The van der Waals surface area contributed by atoms with Gasteiger partial charge in [0.15, 0.2) is 0 Å². The minimum absolute atomic E-state index is 0.202. The standard InChI is InChI=1S/C12H7FN2OS/c13-11-5-7(3-4-14-11)12-15-9-2-1-8(16)6-10(9)17-12/h1-6,16H. The van der Waals surface area contributed by atoms with Crippen molar-refractivity contribution in [3.8, 4) is 16.3 Å². The van der Waals surface area contributed by atoms with Gasteiger partial charge in [-0.15, -0.1) is 11.3 Å². The van der Waals surface area contributed by atoms with E-state index >= 15 is 0 Å². The van der Waals surface area contributed by atoms with Crippen LogP contribution in [0.15, 0.2) is 36.5 Å². The number of aromatic nitrogens is 2. The van der Waals surface area contributed by atoms with Crippen molar-refractivity contribution in [3.05, 3.63) is 42.5 Å². The maximum Gasteiger partial charge on any atom is 0.213 e. The molecule has 0 atom stereocenters. The lowest BCUT2D eigenvalue weighted by molar-refractivity contribution is 0.476. The summed E-state index contributed by atoms with van der Waals surface area (Å²) in [5.41, 5.74) is 1.48. The molecule has 3 nitrogen and oxygen atoms in total. The third-order valence-corrected chi connectivity index (χ3v) is 3.41. The predicted octanol–water partition coefficient (Wildman–Crippen LogP) is 3.20. The zero-order chi connectivity index (χ0) is 11.8. The van der Waals surface area contributed by atoms with Gasteiger partial charge >= 0.3 is 0 Å². The van der Waals surface area contributed by atoms with Crippen LogP contribution in [0.5, 0.6) is 5.75 Å². The topological polar surface area (TPSA) is 46.0 Å². The highest BCUT2D eigenvalue weighted by Crippen LogP contribution is 2.31. The molecule has 2 heterocycles. The second-order valence-electron chi connectivity index (χ2n) is 3.54. The molecule has 0 radical (unpaired) electrons. The first-order chi connectivity index (χ1) is 8.22.